The van der Waals surface area contributed by atoms with Gasteiger partial charge in [0.15, 0.2) is 0 Å². The Labute approximate surface area is 158 Å². The highest BCUT2D eigenvalue weighted by molar-refractivity contribution is 5.93. The summed E-state index contributed by atoms with van der Waals surface area (Å²) in [5.41, 5.74) is -0.646. The fourth-order valence-corrected chi connectivity index (χ4v) is 2.26. The molecule has 1 atom stereocenters. The third kappa shape index (κ3) is 7.32. The van der Waals surface area contributed by atoms with Crippen molar-refractivity contribution in [3.8, 4) is 0 Å². The average Bonchev–Trinajstić information content (AvgIpc) is 2.55. The SMILES string of the molecule is CNC(=O)c1ccc(C(CC(NC(=O)OC(C)(C)C)C(C)C)=C(F)F)nc1. The van der Waals surface area contributed by atoms with Crippen molar-refractivity contribution in [1.82, 2.24) is 15.6 Å². The van der Waals surface area contributed by atoms with Crippen molar-refractivity contribution in [3.05, 3.63) is 35.7 Å². The highest BCUT2D eigenvalue weighted by atomic mass is 19.3. The Balaban J connectivity index is 3.01. The van der Waals surface area contributed by atoms with Crippen molar-refractivity contribution in [3.63, 3.8) is 0 Å². The van der Waals surface area contributed by atoms with Crippen LogP contribution in [0.3, 0.4) is 0 Å². The van der Waals surface area contributed by atoms with Gasteiger partial charge in [-0.25, -0.2) is 4.79 Å². The van der Waals surface area contributed by atoms with E-state index in [2.05, 4.69) is 15.6 Å². The Morgan fingerprint density at radius 2 is 1.85 bits per heavy atom. The topological polar surface area (TPSA) is 80.3 Å². The normalized spacial score (nSPS) is 12.3. The van der Waals surface area contributed by atoms with Gasteiger partial charge in [-0.1, -0.05) is 13.8 Å². The summed E-state index contributed by atoms with van der Waals surface area (Å²) in [5.74, 6) is -0.469. The van der Waals surface area contributed by atoms with Gasteiger partial charge < -0.3 is 15.4 Å². The molecule has 0 saturated heterocycles. The minimum absolute atomic E-state index is 0.0549. The van der Waals surface area contributed by atoms with Crippen LogP contribution in [-0.2, 0) is 4.74 Å². The molecule has 0 spiro atoms. The fourth-order valence-electron chi connectivity index (χ4n) is 2.26. The number of alkyl carbamates (subject to hydrolysis) is 1. The number of ether oxygens (including phenoxy) is 1. The van der Waals surface area contributed by atoms with E-state index in [1.807, 2.05) is 13.8 Å². The summed E-state index contributed by atoms with van der Waals surface area (Å²) in [6.07, 6.45) is -1.43. The molecule has 0 bridgehead atoms. The third-order valence-corrected chi connectivity index (χ3v) is 3.72. The molecular formula is C19H27F2N3O3. The Kier molecular flexibility index (Phi) is 7.87. The van der Waals surface area contributed by atoms with Crippen LogP contribution in [0.15, 0.2) is 24.4 Å². The second-order valence-corrected chi connectivity index (χ2v) is 7.45. The lowest BCUT2D eigenvalue weighted by Gasteiger charge is -2.26. The number of nitrogens with zero attached hydrogens (tertiary/aromatic N) is 1. The van der Waals surface area contributed by atoms with Crippen LogP contribution >= 0.6 is 0 Å². The maximum absolute atomic E-state index is 13.6. The van der Waals surface area contributed by atoms with Crippen molar-refractivity contribution in [2.75, 3.05) is 7.05 Å². The number of amides is 2. The Bertz CT molecular complexity index is 691. The standard InChI is InChI=1S/C19H27F2N3O3/c1-11(2)15(24-18(26)27-19(3,4)5)9-13(16(20)21)14-8-7-12(10-23-14)17(25)22-6/h7-8,10-11,15H,9H2,1-6H3,(H,22,25)(H,24,26). The molecule has 2 amide bonds. The van der Waals surface area contributed by atoms with Gasteiger partial charge in [0.1, 0.15) is 5.60 Å². The molecule has 150 valence electrons. The summed E-state index contributed by atoms with van der Waals surface area (Å²) in [4.78, 5) is 27.6. The lowest BCUT2D eigenvalue weighted by atomic mass is 9.95. The van der Waals surface area contributed by atoms with Crippen molar-refractivity contribution in [1.29, 1.82) is 0 Å². The second-order valence-electron chi connectivity index (χ2n) is 7.45. The molecule has 1 aromatic heterocycles. The van der Waals surface area contributed by atoms with Crippen LogP contribution in [0.4, 0.5) is 13.6 Å². The predicted molar refractivity (Wildman–Crippen MR) is 99.4 cm³/mol. The van der Waals surface area contributed by atoms with E-state index in [1.165, 1.54) is 25.4 Å². The first-order chi connectivity index (χ1) is 12.4. The Morgan fingerprint density at radius 1 is 1.22 bits per heavy atom. The second kappa shape index (κ2) is 9.43. The molecule has 8 heteroatoms. The van der Waals surface area contributed by atoms with E-state index in [4.69, 9.17) is 4.74 Å². The summed E-state index contributed by atoms with van der Waals surface area (Å²) >= 11 is 0. The van der Waals surface area contributed by atoms with E-state index < -0.39 is 23.8 Å². The van der Waals surface area contributed by atoms with Crippen molar-refractivity contribution in [2.45, 2.75) is 52.7 Å². The molecule has 0 saturated carbocycles. The molecule has 1 heterocycles. The minimum atomic E-state index is -1.88. The number of halogens is 2. The van der Waals surface area contributed by atoms with Crippen LogP contribution < -0.4 is 10.6 Å². The number of hydrogen-bond acceptors (Lipinski definition) is 4. The van der Waals surface area contributed by atoms with Gasteiger partial charge in [-0.3, -0.25) is 9.78 Å². The quantitative estimate of drug-likeness (QED) is 0.778. The minimum Gasteiger partial charge on any atom is -0.444 e. The largest absolute Gasteiger partial charge is 0.444 e. The molecule has 2 N–H and O–H groups in total. The molecule has 0 radical (unpaired) electrons. The zero-order valence-corrected chi connectivity index (χ0v) is 16.5. The lowest BCUT2D eigenvalue weighted by molar-refractivity contribution is 0.0491. The number of nitrogens with one attached hydrogen (secondary N) is 2. The van der Waals surface area contributed by atoms with Crippen LogP contribution in [0.5, 0.6) is 0 Å². The molecular weight excluding hydrogens is 356 g/mol. The number of carbonyl (C=O) groups is 2. The molecule has 0 aromatic carbocycles. The van der Waals surface area contributed by atoms with Gasteiger partial charge in [-0.15, -0.1) is 0 Å². The van der Waals surface area contributed by atoms with E-state index in [-0.39, 0.29) is 35.1 Å². The van der Waals surface area contributed by atoms with Crippen LogP contribution in [0.2, 0.25) is 0 Å². The lowest BCUT2D eigenvalue weighted by Crippen LogP contribution is -2.42. The van der Waals surface area contributed by atoms with E-state index in [9.17, 15) is 18.4 Å². The number of pyridine rings is 1. The predicted octanol–water partition coefficient (Wildman–Crippen LogP) is 3.99. The summed E-state index contributed by atoms with van der Waals surface area (Å²) in [6, 6.07) is 2.22. The first kappa shape index (κ1) is 22.5. The third-order valence-electron chi connectivity index (χ3n) is 3.72. The highest BCUT2D eigenvalue weighted by Gasteiger charge is 2.25. The molecule has 1 unspecified atom stereocenters. The van der Waals surface area contributed by atoms with Gasteiger partial charge in [-0.05, 0) is 38.8 Å². The molecule has 0 aliphatic rings. The van der Waals surface area contributed by atoms with Gasteiger partial charge in [0.05, 0.1) is 11.3 Å². The Hall–Kier alpha value is -2.51. The maximum Gasteiger partial charge on any atom is 0.407 e. The average molecular weight is 383 g/mol. The Morgan fingerprint density at radius 3 is 2.26 bits per heavy atom. The van der Waals surface area contributed by atoms with Crippen LogP contribution in [0.1, 0.15) is 57.1 Å². The van der Waals surface area contributed by atoms with Crippen LogP contribution in [0.25, 0.3) is 5.57 Å². The van der Waals surface area contributed by atoms with E-state index in [1.54, 1.807) is 20.8 Å². The number of rotatable bonds is 6. The number of carbonyl (C=O) groups excluding carboxylic acids is 2. The zero-order valence-electron chi connectivity index (χ0n) is 16.5. The number of aromatic nitrogens is 1. The first-order valence-electron chi connectivity index (χ1n) is 8.66. The van der Waals surface area contributed by atoms with Crippen molar-refractivity contribution in [2.24, 2.45) is 5.92 Å². The molecule has 0 fully saturated rings. The van der Waals surface area contributed by atoms with Gasteiger partial charge in [0, 0.05) is 31.3 Å². The van der Waals surface area contributed by atoms with Crippen molar-refractivity contribution >= 4 is 17.6 Å². The molecule has 6 nitrogen and oxygen atoms in total. The van der Waals surface area contributed by atoms with Gasteiger partial charge in [0.2, 0.25) is 0 Å². The van der Waals surface area contributed by atoms with Gasteiger partial charge >= 0.3 is 6.09 Å². The summed E-state index contributed by atoms with van der Waals surface area (Å²) in [5, 5.41) is 5.09. The number of hydrogen-bond donors (Lipinski definition) is 2. The monoisotopic (exact) mass is 383 g/mol. The summed E-state index contributed by atoms with van der Waals surface area (Å²) in [7, 11) is 1.47. The van der Waals surface area contributed by atoms with Crippen LogP contribution in [0, 0.1) is 5.92 Å². The molecule has 1 aromatic rings. The molecule has 27 heavy (non-hydrogen) atoms. The molecule has 0 aliphatic heterocycles. The smallest absolute Gasteiger partial charge is 0.407 e. The maximum atomic E-state index is 13.6. The van der Waals surface area contributed by atoms with Crippen molar-refractivity contribution < 1.29 is 23.1 Å². The van der Waals surface area contributed by atoms with Gasteiger partial charge in [-0.2, -0.15) is 8.78 Å². The van der Waals surface area contributed by atoms with E-state index >= 15 is 0 Å². The van der Waals surface area contributed by atoms with Gasteiger partial charge in [0.25, 0.3) is 12.0 Å². The highest BCUT2D eigenvalue weighted by Crippen LogP contribution is 2.27. The molecule has 1 rings (SSSR count). The van der Waals surface area contributed by atoms with E-state index in [0.29, 0.717) is 0 Å². The first-order valence-corrected chi connectivity index (χ1v) is 8.66. The van der Waals surface area contributed by atoms with Crippen LogP contribution in [-0.4, -0.2) is 35.7 Å². The van der Waals surface area contributed by atoms with E-state index in [0.717, 1.165) is 0 Å². The summed E-state index contributed by atoms with van der Waals surface area (Å²) in [6.45, 7) is 8.81. The zero-order chi connectivity index (χ0) is 20.8. The summed E-state index contributed by atoms with van der Waals surface area (Å²) < 4.78 is 32.3. The molecule has 0 aliphatic carbocycles. The fraction of sp³-hybridized carbons (Fsp3) is 0.526.